The number of carbonyl (C=O) groups excluding carboxylic acids is 2. The molecule has 0 unspecified atom stereocenters. The Hall–Kier alpha value is -1.33. The molecule has 1 atom stereocenters. The standard InChI is InChI=1S/C13H17NO3S/c1-18-8-7-11(14)13(16)17-12(15)9-10-5-3-2-4-6-10/h2-6,11H,7-9,14H2,1H3/t11-/m0/s1. The Morgan fingerprint density at radius 1 is 1.33 bits per heavy atom. The van der Waals surface area contributed by atoms with Gasteiger partial charge in [0.15, 0.2) is 0 Å². The largest absolute Gasteiger partial charge is 0.392 e. The average molecular weight is 267 g/mol. The molecule has 0 aromatic heterocycles. The first-order valence-electron chi connectivity index (χ1n) is 5.66. The number of benzene rings is 1. The Morgan fingerprint density at radius 2 is 2.00 bits per heavy atom. The number of hydrogen-bond acceptors (Lipinski definition) is 5. The zero-order valence-corrected chi connectivity index (χ0v) is 11.1. The predicted molar refractivity (Wildman–Crippen MR) is 72.2 cm³/mol. The second-order valence-electron chi connectivity index (χ2n) is 3.84. The van der Waals surface area contributed by atoms with Crippen molar-refractivity contribution in [2.24, 2.45) is 5.73 Å². The first kappa shape index (κ1) is 14.7. The number of rotatable bonds is 6. The van der Waals surface area contributed by atoms with E-state index in [1.54, 1.807) is 23.9 Å². The number of thioether (sulfide) groups is 1. The molecule has 5 heteroatoms. The van der Waals surface area contributed by atoms with Gasteiger partial charge in [-0.3, -0.25) is 4.79 Å². The van der Waals surface area contributed by atoms with Crippen molar-refractivity contribution in [1.82, 2.24) is 0 Å². The van der Waals surface area contributed by atoms with E-state index in [-0.39, 0.29) is 6.42 Å². The van der Waals surface area contributed by atoms with Gasteiger partial charge in [0.2, 0.25) is 0 Å². The van der Waals surface area contributed by atoms with Gasteiger partial charge in [0, 0.05) is 0 Å². The minimum absolute atomic E-state index is 0.0851. The van der Waals surface area contributed by atoms with E-state index in [1.807, 2.05) is 24.5 Å². The molecule has 98 valence electrons. The molecule has 0 fully saturated rings. The van der Waals surface area contributed by atoms with Crippen molar-refractivity contribution in [2.45, 2.75) is 18.9 Å². The van der Waals surface area contributed by atoms with Crippen LogP contribution in [0, 0.1) is 0 Å². The molecule has 0 bridgehead atoms. The number of ether oxygens (including phenoxy) is 1. The highest BCUT2D eigenvalue weighted by atomic mass is 32.2. The van der Waals surface area contributed by atoms with Crippen LogP contribution in [0.4, 0.5) is 0 Å². The van der Waals surface area contributed by atoms with Crippen LogP contribution in [-0.4, -0.2) is 30.0 Å². The molecule has 0 amide bonds. The highest BCUT2D eigenvalue weighted by Gasteiger charge is 2.18. The van der Waals surface area contributed by atoms with Gasteiger partial charge in [0.1, 0.15) is 6.04 Å². The fourth-order valence-electron chi connectivity index (χ4n) is 1.35. The van der Waals surface area contributed by atoms with Crippen LogP contribution in [0.15, 0.2) is 30.3 Å². The number of carbonyl (C=O) groups is 2. The van der Waals surface area contributed by atoms with Crippen molar-refractivity contribution in [3.05, 3.63) is 35.9 Å². The van der Waals surface area contributed by atoms with Crippen LogP contribution < -0.4 is 5.73 Å². The van der Waals surface area contributed by atoms with Gasteiger partial charge in [-0.25, -0.2) is 4.79 Å². The molecule has 0 aliphatic rings. The molecule has 0 saturated heterocycles. The van der Waals surface area contributed by atoms with E-state index >= 15 is 0 Å². The summed E-state index contributed by atoms with van der Waals surface area (Å²) in [7, 11) is 0. The fourth-order valence-corrected chi connectivity index (χ4v) is 1.84. The van der Waals surface area contributed by atoms with Crippen LogP contribution in [0.2, 0.25) is 0 Å². The summed E-state index contributed by atoms with van der Waals surface area (Å²) >= 11 is 1.60. The van der Waals surface area contributed by atoms with Gasteiger partial charge in [-0.2, -0.15) is 11.8 Å². The van der Waals surface area contributed by atoms with Crippen molar-refractivity contribution >= 4 is 23.7 Å². The normalized spacial score (nSPS) is 11.9. The Morgan fingerprint density at radius 3 is 2.61 bits per heavy atom. The van der Waals surface area contributed by atoms with Crippen LogP contribution in [0.25, 0.3) is 0 Å². The fraction of sp³-hybridized carbons (Fsp3) is 0.385. The molecule has 18 heavy (non-hydrogen) atoms. The van der Waals surface area contributed by atoms with Gasteiger partial charge < -0.3 is 10.5 Å². The molecule has 2 N–H and O–H groups in total. The second kappa shape index (κ2) is 7.89. The summed E-state index contributed by atoms with van der Waals surface area (Å²) in [4.78, 5) is 23.0. The lowest BCUT2D eigenvalue weighted by Gasteiger charge is -2.09. The maximum atomic E-state index is 11.5. The van der Waals surface area contributed by atoms with E-state index in [4.69, 9.17) is 10.5 Å². The quantitative estimate of drug-likeness (QED) is 0.623. The van der Waals surface area contributed by atoms with Gasteiger partial charge in [-0.15, -0.1) is 0 Å². The van der Waals surface area contributed by atoms with Crippen molar-refractivity contribution in [3.8, 4) is 0 Å². The average Bonchev–Trinajstić information content (AvgIpc) is 2.36. The second-order valence-corrected chi connectivity index (χ2v) is 4.83. The number of nitrogens with two attached hydrogens (primary N) is 1. The number of hydrogen-bond donors (Lipinski definition) is 1. The third-order valence-electron chi connectivity index (χ3n) is 2.34. The first-order chi connectivity index (χ1) is 8.63. The van der Waals surface area contributed by atoms with Gasteiger partial charge in [-0.1, -0.05) is 30.3 Å². The summed E-state index contributed by atoms with van der Waals surface area (Å²) in [6.07, 6.45) is 2.53. The highest BCUT2D eigenvalue weighted by Crippen LogP contribution is 2.03. The molecule has 0 aliphatic carbocycles. The third kappa shape index (κ3) is 5.33. The lowest BCUT2D eigenvalue weighted by Crippen LogP contribution is -2.34. The maximum Gasteiger partial charge on any atom is 0.330 e. The van der Waals surface area contributed by atoms with Crippen LogP contribution >= 0.6 is 11.8 Å². The SMILES string of the molecule is CSCC[C@H](N)C(=O)OC(=O)Cc1ccccc1. The summed E-state index contributed by atoms with van der Waals surface area (Å²) < 4.78 is 4.70. The third-order valence-corrected chi connectivity index (χ3v) is 2.99. The Bertz CT molecular complexity index is 394. The van der Waals surface area contributed by atoms with E-state index in [2.05, 4.69) is 0 Å². The van der Waals surface area contributed by atoms with E-state index in [1.165, 1.54) is 0 Å². The van der Waals surface area contributed by atoms with Crippen molar-refractivity contribution < 1.29 is 14.3 Å². The van der Waals surface area contributed by atoms with E-state index in [0.717, 1.165) is 11.3 Å². The van der Waals surface area contributed by atoms with Gasteiger partial charge in [0.05, 0.1) is 6.42 Å². The monoisotopic (exact) mass is 267 g/mol. The van der Waals surface area contributed by atoms with Crippen molar-refractivity contribution in [1.29, 1.82) is 0 Å². The van der Waals surface area contributed by atoms with Gasteiger partial charge >= 0.3 is 11.9 Å². The van der Waals surface area contributed by atoms with Crippen LogP contribution in [-0.2, 0) is 20.7 Å². The maximum absolute atomic E-state index is 11.5. The topological polar surface area (TPSA) is 69.4 Å². The first-order valence-corrected chi connectivity index (χ1v) is 7.06. The lowest BCUT2D eigenvalue weighted by molar-refractivity contribution is -0.160. The summed E-state index contributed by atoms with van der Waals surface area (Å²) in [6.45, 7) is 0. The molecule has 1 rings (SSSR count). The smallest absolute Gasteiger partial charge is 0.330 e. The molecule has 0 saturated carbocycles. The molecule has 0 heterocycles. The Balaban J connectivity index is 2.38. The highest BCUT2D eigenvalue weighted by molar-refractivity contribution is 7.98. The summed E-state index contributed by atoms with van der Waals surface area (Å²) in [5.74, 6) is -0.445. The van der Waals surface area contributed by atoms with Crippen LogP contribution in [0.5, 0.6) is 0 Å². The summed E-state index contributed by atoms with van der Waals surface area (Å²) in [5, 5.41) is 0. The molecular formula is C13H17NO3S. The zero-order valence-electron chi connectivity index (χ0n) is 10.3. The molecule has 0 spiro atoms. The van der Waals surface area contributed by atoms with Gasteiger partial charge in [-0.05, 0) is 24.0 Å². The molecular weight excluding hydrogens is 250 g/mol. The van der Waals surface area contributed by atoms with Gasteiger partial charge in [0.25, 0.3) is 0 Å². The van der Waals surface area contributed by atoms with Crippen LogP contribution in [0.3, 0.4) is 0 Å². The predicted octanol–water partition coefficient (Wildman–Crippen LogP) is 1.38. The van der Waals surface area contributed by atoms with Crippen molar-refractivity contribution in [3.63, 3.8) is 0 Å². The van der Waals surface area contributed by atoms with Crippen molar-refractivity contribution in [2.75, 3.05) is 12.0 Å². The number of esters is 2. The molecule has 4 nitrogen and oxygen atoms in total. The molecule has 1 aromatic rings. The summed E-state index contributed by atoms with van der Waals surface area (Å²) in [5.41, 5.74) is 6.42. The Labute approximate surface area is 111 Å². The Kier molecular flexibility index (Phi) is 6.46. The molecule has 1 aromatic carbocycles. The minimum atomic E-state index is -0.725. The molecule has 0 aliphatic heterocycles. The van der Waals surface area contributed by atoms with E-state index in [9.17, 15) is 9.59 Å². The van der Waals surface area contributed by atoms with E-state index in [0.29, 0.717) is 6.42 Å². The molecule has 0 radical (unpaired) electrons. The minimum Gasteiger partial charge on any atom is -0.392 e. The summed E-state index contributed by atoms with van der Waals surface area (Å²) in [6, 6.07) is 8.40. The lowest BCUT2D eigenvalue weighted by atomic mass is 10.1. The zero-order chi connectivity index (χ0) is 13.4. The van der Waals surface area contributed by atoms with E-state index < -0.39 is 18.0 Å². The van der Waals surface area contributed by atoms with Crippen LogP contribution in [0.1, 0.15) is 12.0 Å².